The van der Waals surface area contributed by atoms with Gasteiger partial charge in [0.05, 0.1) is 21.2 Å². The molecule has 0 fully saturated rings. The summed E-state index contributed by atoms with van der Waals surface area (Å²) in [5.74, 6) is -1.45. The summed E-state index contributed by atoms with van der Waals surface area (Å²) < 4.78 is 28.5. The van der Waals surface area contributed by atoms with E-state index in [1.807, 2.05) is 0 Å². The lowest BCUT2D eigenvalue weighted by molar-refractivity contribution is 0.590. The van der Waals surface area contributed by atoms with Gasteiger partial charge >= 0.3 is 0 Å². The summed E-state index contributed by atoms with van der Waals surface area (Å²) in [6.45, 7) is 0. The molecule has 20 heavy (non-hydrogen) atoms. The van der Waals surface area contributed by atoms with Gasteiger partial charge in [-0.1, -0.05) is 23.2 Å². The fourth-order valence-electron chi connectivity index (χ4n) is 2.02. The van der Waals surface area contributed by atoms with Crippen LogP contribution in [0.3, 0.4) is 0 Å². The lowest BCUT2D eigenvalue weighted by Crippen LogP contribution is -2.00. The zero-order valence-electron chi connectivity index (χ0n) is 9.87. The lowest BCUT2D eigenvalue weighted by Gasteiger charge is -2.07. The van der Waals surface area contributed by atoms with Gasteiger partial charge < -0.3 is 5.73 Å². The van der Waals surface area contributed by atoms with Crippen molar-refractivity contribution in [1.29, 1.82) is 0 Å². The number of imidazole rings is 1. The Morgan fingerprint density at radius 3 is 2.50 bits per heavy atom. The van der Waals surface area contributed by atoms with Crippen LogP contribution in [-0.2, 0) is 0 Å². The molecule has 0 atom stereocenters. The number of fused-ring (bicyclic) bond motifs is 1. The summed E-state index contributed by atoms with van der Waals surface area (Å²) in [6.07, 6.45) is 0. The largest absolute Gasteiger partial charge is 0.369 e. The highest BCUT2D eigenvalue weighted by Crippen LogP contribution is 2.29. The molecule has 0 spiro atoms. The molecule has 1 aromatic heterocycles. The zero-order chi connectivity index (χ0) is 14.4. The van der Waals surface area contributed by atoms with Crippen molar-refractivity contribution in [2.24, 2.45) is 0 Å². The topological polar surface area (TPSA) is 43.8 Å². The second kappa shape index (κ2) is 4.61. The number of aromatic nitrogens is 2. The number of halogens is 4. The summed E-state index contributed by atoms with van der Waals surface area (Å²) in [5.41, 5.74) is 6.51. The molecule has 3 nitrogen and oxygen atoms in total. The van der Waals surface area contributed by atoms with E-state index in [1.54, 1.807) is 18.2 Å². The third kappa shape index (κ3) is 1.99. The van der Waals surface area contributed by atoms with Crippen molar-refractivity contribution in [2.75, 3.05) is 5.73 Å². The van der Waals surface area contributed by atoms with Gasteiger partial charge in [-0.05, 0) is 18.2 Å². The Labute approximate surface area is 122 Å². The minimum absolute atomic E-state index is 0.00466. The van der Waals surface area contributed by atoms with Crippen molar-refractivity contribution >= 4 is 40.2 Å². The SMILES string of the molecule is Nc1nc2c(F)cc(F)cc2n1-c1ccc(Cl)c(Cl)c1. The van der Waals surface area contributed by atoms with Crippen LogP contribution in [-0.4, -0.2) is 9.55 Å². The van der Waals surface area contributed by atoms with Gasteiger partial charge in [0, 0.05) is 12.1 Å². The number of benzene rings is 2. The third-order valence-electron chi connectivity index (χ3n) is 2.87. The third-order valence-corrected chi connectivity index (χ3v) is 3.60. The normalized spacial score (nSPS) is 11.2. The molecule has 0 bridgehead atoms. The Morgan fingerprint density at radius 2 is 1.80 bits per heavy atom. The number of anilines is 1. The monoisotopic (exact) mass is 313 g/mol. The summed E-state index contributed by atoms with van der Waals surface area (Å²) in [6, 6.07) is 6.66. The number of hydrogen-bond acceptors (Lipinski definition) is 2. The maximum atomic E-state index is 13.7. The number of rotatable bonds is 1. The Balaban J connectivity index is 2.35. The van der Waals surface area contributed by atoms with Crippen LogP contribution in [0.4, 0.5) is 14.7 Å². The maximum Gasteiger partial charge on any atom is 0.206 e. The fraction of sp³-hybridized carbons (Fsp3) is 0. The smallest absolute Gasteiger partial charge is 0.206 e. The first-order valence-corrected chi connectivity index (χ1v) is 6.31. The maximum absolute atomic E-state index is 13.7. The van der Waals surface area contributed by atoms with Crippen LogP contribution >= 0.6 is 23.2 Å². The fourth-order valence-corrected chi connectivity index (χ4v) is 2.31. The highest BCUT2D eigenvalue weighted by molar-refractivity contribution is 6.42. The van der Waals surface area contributed by atoms with Crippen LogP contribution in [0.25, 0.3) is 16.7 Å². The van der Waals surface area contributed by atoms with E-state index in [4.69, 9.17) is 28.9 Å². The van der Waals surface area contributed by atoms with E-state index in [0.717, 1.165) is 12.1 Å². The second-order valence-corrected chi connectivity index (χ2v) is 4.97. The molecule has 7 heteroatoms. The molecule has 2 aromatic carbocycles. The van der Waals surface area contributed by atoms with Gasteiger partial charge in [-0.3, -0.25) is 4.57 Å². The van der Waals surface area contributed by atoms with Crippen molar-refractivity contribution < 1.29 is 8.78 Å². The van der Waals surface area contributed by atoms with Crippen LogP contribution in [0.1, 0.15) is 0 Å². The Hall–Kier alpha value is -1.85. The average Bonchev–Trinajstić information content (AvgIpc) is 2.70. The van der Waals surface area contributed by atoms with Crippen molar-refractivity contribution in [2.45, 2.75) is 0 Å². The second-order valence-electron chi connectivity index (χ2n) is 4.16. The Morgan fingerprint density at radius 1 is 1.05 bits per heavy atom. The van der Waals surface area contributed by atoms with Gasteiger partial charge in [0.1, 0.15) is 11.3 Å². The van der Waals surface area contributed by atoms with Crippen LogP contribution in [0.2, 0.25) is 10.0 Å². The van der Waals surface area contributed by atoms with Crippen molar-refractivity contribution in [3.05, 3.63) is 52.0 Å². The van der Waals surface area contributed by atoms with Crippen LogP contribution in [0.15, 0.2) is 30.3 Å². The first-order chi connectivity index (χ1) is 9.47. The summed E-state index contributed by atoms with van der Waals surface area (Å²) in [7, 11) is 0. The van der Waals surface area contributed by atoms with Gasteiger partial charge in [0.15, 0.2) is 5.82 Å². The highest BCUT2D eigenvalue weighted by Gasteiger charge is 2.15. The Bertz CT molecular complexity index is 830. The minimum Gasteiger partial charge on any atom is -0.369 e. The summed E-state index contributed by atoms with van der Waals surface area (Å²) in [4.78, 5) is 3.91. The van der Waals surface area contributed by atoms with Crippen molar-refractivity contribution in [1.82, 2.24) is 9.55 Å². The molecule has 0 amide bonds. The predicted octanol–water partition coefficient (Wildman–Crippen LogP) is 4.19. The molecule has 0 radical (unpaired) electrons. The molecule has 0 aliphatic heterocycles. The Kier molecular flexibility index (Phi) is 3.03. The number of nitrogen functional groups attached to an aromatic ring is 1. The van der Waals surface area contributed by atoms with E-state index >= 15 is 0 Å². The van der Waals surface area contributed by atoms with Crippen LogP contribution < -0.4 is 5.73 Å². The zero-order valence-corrected chi connectivity index (χ0v) is 11.4. The van der Waals surface area contributed by atoms with Crippen molar-refractivity contribution in [3.63, 3.8) is 0 Å². The van der Waals surface area contributed by atoms with Gasteiger partial charge in [-0.2, -0.15) is 0 Å². The number of nitrogens with two attached hydrogens (primary N) is 1. The van der Waals surface area contributed by atoms with E-state index in [1.165, 1.54) is 4.57 Å². The molecule has 2 N–H and O–H groups in total. The number of nitrogens with zero attached hydrogens (tertiary/aromatic N) is 2. The molecule has 0 saturated heterocycles. The molecule has 0 aliphatic rings. The number of hydrogen-bond donors (Lipinski definition) is 1. The van der Waals surface area contributed by atoms with Crippen molar-refractivity contribution in [3.8, 4) is 5.69 Å². The molecule has 3 rings (SSSR count). The van der Waals surface area contributed by atoms with E-state index in [-0.39, 0.29) is 17.0 Å². The predicted molar refractivity (Wildman–Crippen MR) is 75.4 cm³/mol. The summed E-state index contributed by atoms with van der Waals surface area (Å²) >= 11 is 11.8. The van der Waals surface area contributed by atoms with Crippen LogP contribution in [0.5, 0.6) is 0 Å². The van der Waals surface area contributed by atoms with Gasteiger partial charge in [-0.25, -0.2) is 13.8 Å². The summed E-state index contributed by atoms with van der Waals surface area (Å²) in [5, 5.41) is 0.679. The van der Waals surface area contributed by atoms with E-state index in [0.29, 0.717) is 15.7 Å². The highest BCUT2D eigenvalue weighted by atomic mass is 35.5. The molecule has 0 unspecified atom stereocenters. The molecular formula is C13H7Cl2F2N3. The molecule has 102 valence electrons. The molecular weight excluding hydrogens is 307 g/mol. The molecule has 3 aromatic rings. The van der Waals surface area contributed by atoms with E-state index in [9.17, 15) is 8.78 Å². The first-order valence-electron chi connectivity index (χ1n) is 5.56. The molecule has 0 aliphatic carbocycles. The lowest BCUT2D eigenvalue weighted by atomic mass is 10.2. The first kappa shape index (κ1) is 13.1. The van der Waals surface area contributed by atoms with E-state index < -0.39 is 11.6 Å². The standard InChI is InChI=1S/C13H7Cl2F2N3/c14-8-2-1-7(5-9(8)15)20-11-4-6(16)3-10(17)12(11)19-13(20)18/h1-5H,(H2,18,19). The van der Waals surface area contributed by atoms with Gasteiger partial charge in [0.2, 0.25) is 5.95 Å². The van der Waals surface area contributed by atoms with Gasteiger partial charge in [0.25, 0.3) is 0 Å². The van der Waals surface area contributed by atoms with Crippen LogP contribution in [0, 0.1) is 11.6 Å². The molecule has 0 saturated carbocycles. The average molecular weight is 314 g/mol. The minimum atomic E-state index is -0.773. The van der Waals surface area contributed by atoms with Gasteiger partial charge in [-0.15, -0.1) is 0 Å². The molecule has 1 heterocycles. The van der Waals surface area contributed by atoms with E-state index in [2.05, 4.69) is 4.98 Å². The quantitative estimate of drug-likeness (QED) is 0.732.